The Morgan fingerprint density at radius 3 is 2.41 bits per heavy atom. The van der Waals surface area contributed by atoms with Gasteiger partial charge in [-0.2, -0.15) is 0 Å². The summed E-state index contributed by atoms with van der Waals surface area (Å²) >= 11 is 8.57. The van der Waals surface area contributed by atoms with Gasteiger partial charge in [-0.15, -0.1) is 11.8 Å². The fourth-order valence-electron chi connectivity index (χ4n) is 4.54. The molecule has 0 saturated carbocycles. The first-order valence-electron chi connectivity index (χ1n) is 10.1. The molecular formula is C23H20ClN3O3S2. The summed E-state index contributed by atoms with van der Waals surface area (Å²) < 4.78 is 0. The van der Waals surface area contributed by atoms with Crippen molar-refractivity contribution in [1.29, 1.82) is 0 Å². The molecule has 0 unspecified atom stereocenters. The Hall–Kier alpha value is -2.55. The van der Waals surface area contributed by atoms with Gasteiger partial charge >= 0.3 is 4.87 Å². The van der Waals surface area contributed by atoms with Gasteiger partial charge in [-0.05, 0) is 42.0 Å². The van der Waals surface area contributed by atoms with Crippen molar-refractivity contribution in [2.45, 2.75) is 17.4 Å². The Balaban J connectivity index is 1.64. The first-order chi connectivity index (χ1) is 15.3. The number of carbonyl (C=O) groups is 2. The van der Waals surface area contributed by atoms with Crippen LogP contribution in [0.25, 0.3) is 0 Å². The zero-order valence-electron chi connectivity index (χ0n) is 17.4. The fourth-order valence-corrected chi connectivity index (χ4v) is 7.23. The number of nitrogens with one attached hydrogen (secondary N) is 1. The van der Waals surface area contributed by atoms with E-state index in [1.165, 1.54) is 16.7 Å². The van der Waals surface area contributed by atoms with Crippen molar-refractivity contribution in [3.8, 4) is 0 Å². The second-order valence-corrected chi connectivity index (χ2v) is 10.7. The van der Waals surface area contributed by atoms with E-state index in [9.17, 15) is 14.4 Å². The highest BCUT2D eigenvalue weighted by Crippen LogP contribution is 2.57. The molecule has 32 heavy (non-hydrogen) atoms. The lowest BCUT2D eigenvalue weighted by atomic mass is 9.71. The molecule has 5 rings (SSSR count). The van der Waals surface area contributed by atoms with Gasteiger partial charge in [-0.25, -0.2) is 4.90 Å². The molecular weight excluding hydrogens is 466 g/mol. The van der Waals surface area contributed by atoms with Crippen molar-refractivity contribution in [2.75, 3.05) is 29.6 Å². The van der Waals surface area contributed by atoms with Crippen molar-refractivity contribution in [1.82, 2.24) is 4.98 Å². The molecule has 0 radical (unpaired) electrons. The molecule has 1 N–H and O–H groups in total. The highest BCUT2D eigenvalue weighted by Gasteiger charge is 2.59. The van der Waals surface area contributed by atoms with E-state index in [1.54, 1.807) is 24.3 Å². The lowest BCUT2D eigenvalue weighted by Crippen LogP contribution is -2.43. The Bertz CT molecular complexity index is 1270. The van der Waals surface area contributed by atoms with E-state index in [0.717, 1.165) is 32.5 Å². The van der Waals surface area contributed by atoms with E-state index in [-0.39, 0.29) is 29.0 Å². The normalized spacial score (nSPS) is 22.5. The quantitative estimate of drug-likeness (QED) is 0.558. The number of H-pyrrole nitrogens is 1. The predicted octanol–water partition coefficient (Wildman–Crippen LogP) is 4.34. The summed E-state index contributed by atoms with van der Waals surface area (Å²) in [7, 11) is 3.93. The molecule has 1 aromatic heterocycles. The van der Waals surface area contributed by atoms with Gasteiger partial charge in [0.05, 0.1) is 16.1 Å². The van der Waals surface area contributed by atoms with Crippen LogP contribution in [0.4, 0.5) is 11.4 Å². The van der Waals surface area contributed by atoms with Gasteiger partial charge in [-0.3, -0.25) is 14.4 Å². The molecule has 2 amide bonds. The van der Waals surface area contributed by atoms with Crippen molar-refractivity contribution in [3.05, 3.63) is 73.7 Å². The summed E-state index contributed by atoms with van der Waals surface area (Å²) in [6, 6.07) is 14.7. The molecule has 2 aliphatic rings. The smallest absolute Gasteiger partial charge is 0.305 e. The maximum atomic E-state index is 13.9. The van der Waals surface area contributed by atoms with Gasteiger partial charge in [0.15, 0.2) is 0 Å². The topological polar surface area (TPSA) is 73.5 Å². The molecule has 0 aliphatic carbocycles. The number of nitrogens with zero attached hydrogens (tertiary/aromatic N) is 2. The third-order valence-corrected chi connectivity index (χ3v) is 8.70. The largest absolute Gasteiger partial charge is 0.378 e. The van der Waals surface area contributed by atoms with E-state index in [1.807, 2.05) is 43.3 Å². The molecule has 1 fully saturated rings. The molecule has 2 atom stereocenters. The average molecular weight is 486 g/mol. The number of fused-ring (bicyclic) bond motifs is 1. The Morgan fingerprint density at radius 2 is 1.75 bits per heavy atom. The number of carbonyl (C=O) groups excluding carboxylic acids is 2. The predicted molar refractivity (Wildman–Crippen MR) is 129 cm³/mol. The number of rotatable bonds is 3. The van der Waals surface area contributed by atoms with E-state index in [0.29, 0.717) is 16.5 Å². The molecule has 0 bridgehead atoms. The van der Waals surface area contributed by atoms with Gasteiger partial charge < -0.3 is 9.88 Å². The summed E-state index contributed by atoms with van der Waals surface area (Å²) in [5.41, 5.74) is 1.51. The molecule has 3 aromatic rings. The Labute approximate surface area is 198 Å². The molecule has 3 heterocycles. The fraction of sp³-hybridized carbons (Fsp3) is 0.261. The minimum atomic E-state index is -0.959. The number of anilines is 2. The van der Waals surface area contributed by atoms with E-state index in [2.05, 4.69) is 4.98 Å². The zero-order valence-corrected chi connectivity index (χ0v) is 19.8. The van der Waals surface area contributed by atoms with E-state index >= 15 is 0 Å². The van der Waals surface area contributed by atoms with Crippen LogP contribution >= 0.6 is 34.7 Å². The van der Waals surface area contributed by atoms with Crippen molar-refractivity contribution in [2.24, 2.45) is 5.41 Å². The van der Waals surface area contributed by atoms with Crippen LogP contribution in [0.2, 0.25) is 5.02 Å². The Kier molecular flexibility index (Phi) is 5.19. The van der Waals surface area contributed by atoms with Crippen LogP contribution in [0.15, 0.2) is 58.4 Å². The number of benzene rings is 2. The highest BCUT2D eigenvalue weighted by molar-refractivity contribution is 7.99. The van der Waals surface area contributed by atoms with Crippen LogP contribution in [0.5, 0.6) is 0 Å². The number of imide groups is 1. The van der Waals surface area contributed by atoms with Gasteiger partial charge in [0.25, 0.3) is 0 Å². The number of hydrogen-bond acceptors (Lipinski definition) is 6. The maximum Gasteiger partial charge on any atom is 0.305 e. The summed E-state index contributed by atoms with van der Waals surface area (Å²) in [5.74, 6) is -0.432. The Morgan fingerprint density at radius 1 is 1.06 bits per heavy atom. The second kappa shape index (κ2) is 7.79. The van der Waals surface area contributed by atoms with Crippen LogP contribution in [0.3, 0.4) is 0 Å². The van der Waals surface area contributed by atoms with Gasteiger partial charge in [0.1, 0.15) is 0 Å². The van der Waals surface area contributed by atoms with Crippen LogP contribution in [-0.4, -0.2) is 36.6 Å². The monoisotopic (exact) mass is 485 g/mol. The van der Waals surface area contributed by atoms with Crippen molar-refractivity contribution >= 4 is 57.9 Å². The summed E-state index contributed by atoms with van der Waals surface area (Å²) in [4.78, 5) is 46.2. The number of aromatic nitrogens is 1. The minimum absolute atomic E-state index is 0.0904. The van der Waals surface area contributed by atoms with Gasteiger partial charge in [0.2, 0.25) is 11.8 Å². The maximum absolute atomic E-state index is 13.9. The lowest BCUT2D eigenvalue weighted by Gasteiger charge is -2.38. The molecule has 6 nitrogen and oxygen atoms in total. The number of thiazole rings is 1. The number of halogens is 1. The van der Waals surface area contributed by atoms with Crippen LogP contribution < -0.4 is 14.7 Å². The highest BCUT2D eigenvalue weighted by atomic mass is 35.5. The van der Waals surface area contributed by atoms with Gasteiger partial charge in [0, 0.05) is 47.8 Å². The lowest BCUT2D eigenvalue weighted by molar-refractivity contribution is -0.125. The standard InChI is InChI=1S/C23H20ClN3O3S2/c1-26(2)15-7-3-13(4-8-15)18-19-20(25-22(30)32-19)31-12-23(18)11-17(28)27(21(23)29)16-9-5-14(24)6-10-16/h3-10,18H,11-12H2,1-2H3,(H,25,30)/t18-,23-/m0/s1. The van der Waals surface area contributed by atoms with Gasteiger partial charge in [-0.1, -0.05) is 35.1 Å². The zero-order chi connectivity index (χ0) is 22.6. The molecule has 1 spiro atoms. The third kappa shape index (κ3) is 3.29. The first-order valence-corrected chi connectivity index (χ1v) is 12.2. The summed E-state index contributed by atoms with van der Waals surface area (Å²) in [6.07, 6.45) is 0.0904. The number of aromatic amines is 1. The van der Waals surface area contributed by atoms with E-state index in [4.69, 9.17) is 11.6 Å². The van der Waals surface area contributed by atoms with Crippen LogP contribution in [0, 0.1) is 5.41 Å². The summed E-state index contributed by atoms with van der Waals surface area (Å²) in [6.45, 7) is 0. The first kappa shape index (κ1) is 21.3. The third-order valence-electron chi connectivity index (χ3n) is 6.10. The molecule has 1 saturated heterocycles. The number of amides is 2. The van der Waals surface area contributed by atoms with E-state index < -0.39 is 5.41 Å². The molecule has 2 aromatic carbocycles. The summed E-state index contributed by atoms with van der Waals surface area (Å²) in [5, 5.41) is 1.33. The number of thioether (sulfide) groups is 1. The van der Waals surface area contributed by atoms with Crippen LogP contribution in [-0.2, 0) is 9.59 Å². The average Bonchev–Trinajstić information content (AvgIpc) is 3.25. The minimum Gasteiger partial charge on any atom is -0.378 e. The molecule has 164 valence electrons. The number of hydrogen-bond donors (Lipinski definition) is 1. The van der Waals surface area contributed by atoms with Crippen LogP contribution in [0.1, 0.15) is 22.8 Å². The van der Waals surface area contributed by atoms with Crippen molar-refractivity contribution in [3.63, 3.8) is 0 Å². The SMILES string of the molecule is CN(C)c1ccc([C@H]2c3sc(=O)[nH]c3SC[C@@]23CC(=O)N(c2ccc(Cl)cc2)C3=O)cc1. The second-order valence-electron chi connectivity index (χ2n) is 8.26. The molecule has 9 heteroatoms. The van der Waals surface area contributed by atoms with Crippen molar-refractivity contribution < 1.29 is 9.59 Å². The molecule has 2 aliphatic heterocycles.